The Morgan fingerprint density at radius 1 is 0.267 bits per heavy atom. The first-order valence-corrected chi connectivity index (χ1v) is 20.8. The van der Waals surface area contributed by atoms with Gasteiger partial charge in [-0.3, -0.25) is 0 Å². The van der Waals surface area contributed by atoms with E-state index >= 15 is 0 Å². The Labute approximate surface area is 351 Å². The molecule has 0 atom stereocenters. The van der Waals surface area contributed by atoms with Crippen LogP contribution >= 0.6 is 0 Å². The third kappa shape index (κ3) is 5.06. The summed E-state index contributed by atoms with van der Waals surface area (Å²) in [7, 11) is 0. The molecule has 2 aliphatic rings. The molecule has 0 bridgehead atoms. The highest BCUT2D eigenvalue weighted by Gasteiger charge is 2.47. The van der Waals surface area contributed by atoms with Crippen molar-refractivity contribution in [2.75, 3.05) is 4.90 Å². The average Bonchev–Trinajstić information content (AvgIpc) is 3.63. The molecule has 0 heterocycles. The molecule has 0 amide bonds. The van der Waals surface area contributed by atoms with E-state index in [1.165, 1.54) is 88.7 Å². The fraction of sp³-hybridized carbons (Fsp3) is 0.0169. The lowest BCUT2D eigenvalue weighted by atomic mass is 9.68. The van der Waals surface area contributed by atoms with Crippen molar-refractivity contribution in [3.63, 3.8) is 0 Å². The van der Waals surface area contributed by atoms with Crippen LogP contribution in [0.25, 0.3) is 66.4 Å². The first kappa shape index (κ1) is 34.3. The average molecular weight is 762 g/mol. The number of fused-ring (bicyclic) bond motifs is 12. The van der Waals surface area contributed by atoms with Gasteiger partial charge in [-0.25, -0.2) is 0 Å². The van der Waals surface area contributed by atoms with Gasteiger partial charge < -0.3 is 4.90 Å². The largest absolute Gasteiger partial charge is 0.310 e. The Kier molecular flexibility index (Phi) is 7.83. The maximum absolute atomic E-state index is 2.51. The van der Waals surface area contributed by atoms with Gasteiger partial charge in [-0.15, -0.1) is 0 Å². The van der Waals surface area contributed by atoms with Crippen molar-refractivity contribution in [2.24, 2.45) is 0 Å². The lowest BCUT2D eigenvalue weighted by Crippen LogP contribution is -2.28. The van der Waals surface area contributed by atoms with E-state index in [2.05, 4.69) is 241 Å². The second kappa shape index (κ2) is 13.7. The predicted molar refractivity (Wildman–Crippen MR) is 251 cm³/mol. The smallest absolute Gasteiger partial charge is 0.0714 e. The Balaban J connectivity index is 1.17. The van der Waals surface area contributed by atoms with Gasteiger partial charge in [0, 0.05) is 16.9 Å². The molecular weight excluding hydrogens is 723 g/mol. The molecule has 0 aliphatic heterocycles. The van der Waals surface area contributed by atoms with Gasteiger partial charge in [0.15, 0.2) is 0 Å². The van der Waals surface area contributed by atoms with E-state index in [1.54, 1.807) is 0 Å². The summed E-state index contributed by atoms with van der Waals surface area (Å²) in [5.41, 5.74) is 20.4. The van der Waals surface area contributed by atoms with Gasteiger partial charge in [0.25, 0.3) is 0 Å². The summed E-state index contributed by atoms with van der Waals surface area (Å²) in [4.78, 5) is 2.51. The molecule has 0 aromatic heterocycles. The van der Waals surface area contributed by atoms with Crippen LogP contribution in [0, 0.1) is 0 Å². The summed E-state index contributed by atoms with van der Waals surface area (Å²) in [6, 6.07) is 87.6. The molecule has 0 N–H and O–H groups in total. The quantitative estimate of drug-likeness (QED) is 0.169. The maximum atomic E-state index is 2.51. The van der Waals surface area contributed by atoms with E-state index in [-0.39, 0.29) is 0 Å². The molecule has 1 nitrogen and oxygen atoms in total. The summed E-state index contributed by atoms with van der Waals surface area (Å²) >= 11 is 0. The summed E-state index contributed by atoms with van der Waals surface area (Å²) in [6.07, 6.45) is 0. The molecule has 0 saturated heterocycles. The van der Waals surface area contributed by atoms with Gasteiger partial charge in [0.2, 0.25) is 0 Å². The normalized spacial score (nSPS) is 12.8. The molecule has 0 unspecified atom stereocenters. The summed E-state index contributed by atoms with van der Waals surface area (Å²) < 4.78 is 0. The highest BCUT2D eigenvalue weighted by molar-refractivity contribution is 6.05. The minimum absolute atomic E-state index is 0.512. The Hall–Kier alpha value is -7.74. The number of nitrogens with zero attached hydrogens (tertiary/aromatic N) is 1. The van der Waals surface area contributed by atoms with Crippen LogP contribution in [0.15, 0.2) is 237 Å². The third-order valence-corrected chi connectivity index (χ3v) is 12.9. The first-order chi connectivity index (χ1) is 29.8. The minimum Gasteiger partial charge on any atom is -0.310 e. The Bertz CT molecular complexity index is 3220. The second-order valence-electron chi connectivity index (χ2n) is 16.0. The van der Waals surface area contributed by atoms with Crippen LogP contribution < -0.4 is 4.90 Å². The van der Waals surface area contributed by atoms with Crippen LogP contribution in [0.3, 0.4) is 0 Å². The first-order valence-electron chi connectivity index (χ1n) is 20.8. The minimum atomic E-state index is -0.512. The fourth-order valence-electron chi connectivity index (χ4n) is 10.4. The van der Waals surface area contributed by atoms with Crippen molar-refractivity contribution in [3.05, 3.63) is 259 Å². The van der Waals surface area contributed by atoms with Crippen LogP contribution in [0.2, 0.25) is 0 Å². The second-order valence-corrected chi connectivity index (χ2v) is 16.0. The standard InChI is InChI=1S/C59H39N/c1-3-20-42(21-4-1)59(43-22-5-2-6-23-43)55-31-16-15-30-53(55)58-56(59)32-17-33-57(58)60(44-35-34-40-18-7-8-19-41(40)38-44)45-36-37-52-50-28-12-11-26-48(50)46-24-9-10-25-47(46)49-27-13-14-29-51(49)54(52)39-45/h1-39H. The van der Waals surface area contributed by atoms with Crippen LogP contribution in [-0.2, 0) is 5.41 Å². The van der Waals surface area contributed by atoms with Crippen molar-refractivity contribution < 1.29 is 0 Å². The van der Waals surface area contributed by atoms with Gasteiger partial charge in [-0.2, -0.15) is 0 Å². The zero-order valence-corrected chi connectivity index (χ0v) is 33.0. The van der Waals surface area contributed by atoms with Crippen molar-refractivity contribution in [1.82, 2.24) is 0 Å². The highest BCUT2D eigenvalue weighted by atomic mass is 15.1. The molecule has 12 rings (SSSR count). The molecule has 2 aliphatic carbocycles. The van der Waals surface area contributed by atoms with Gasteiger partial charge >= 0.3 is 0 Å². The summed E-state index contributed by atoms with van der Waals surface area (Å²) in [5, 5.41) is 2.43. The SMILES string of the molecule is c1ccc(C2(c3ccccc3)c3ccccc3-c3c(N(c4ccc5c(c4)-c4ccccc4-c4ccccc4-c4ccccc4-5)c4ccc5ccccc5c4)cccc32)cc1. The van der Waals surface area contributed by atoms with Crippen molar-refractivity contribution in [2.45, 2.75) is 5.41 Å². The molecule has 10 aromatic rings. The van der Waals surface area contributed by atoms with E-state index < -0.39 is 5.41 Å². The summed E-state index contributed by atoms with van der Waals surface area (Å²) in [6.45, 7) is 0. The molecule has 1 heteroatoms. The molecule has 280 valence electrons. The van der Waals surface area contributed by atoms with E-state index in [0.717, 1.165) is 17.1 Å². The predicted octanol–water partition coefficient (Wildman–Crippen LogP) is 15.7. The molecule has 60 heavy (non-hydrogen) atoms. The molecule has 0 spiro atoms. The monoisotopic (exact) mass is 761 g/mol. The molecule has 0 saturated carbocycles. The van der Waals surface area contributed by atoms with Crippen molar-refractivity contribution in [3.8, 4) is 55.6 Å². The van der Waals surface area contributed by atoms with Gasteiger partial charge in [0.1, 0.15) is 0 Å². The van der Waals surface area contributed by atoms with Crippen LogP contribution in [0.5, 0.6) is 0 Å². The summed E-state index contributed by atoms with van der Waals surface area (Å²) in [5.74, 6) is 0. The Morgan fingerprint density at radius 3 is 1.30 bits per heavy atom. The van der Waals surface area contributed by atoms with E-state index in [9.17, 15) is 0 Å². The topological polar surface area (TPSA) is 3.24 Å². The lowest BCUT2D eigenvalue weighted by molar-refractivity contribution is 0.768. The molecule has 10 aromatic carbocycles. The van der Waals surface area contributed by atoms with Crippen LogP contribution in [-0.4, -0.2) is 0 Å². The molecule has 0 radical (unpaired) electrons. The zero-order valence-electron chi connectivity index (χ0n) is 33.0. The third-order valence-electron chi connectivity index (χ3n) is 12.9. The molecular formula is C59H39N. The van der Waals surface area contributed by atoms with Gasteiger partial charge in [0.05, 0.1) is 11.1 Å². The van der Waals surface area contributed by atoms with Crippen molar-refractivity contribution in [1.29, 1.82) is 0 Å². The number of hydrogen-bond donors (Lipinski definition) is 0. The number of rotatable bonds is 5. The van der Waals surface area contributed by atoms with Crippen LogP contribution in [0.4, 0.5) is 17.1 Å². The van der Waals surface area contributed by atoms with Crippen molar-refractivity contribution >= 4 is 27.8 Å². The number of benzene rings is 10. The number of anilines is 3. The molecule has 0 fully saturated rings. The Morgan fingerprint density at radius 2 is 0.700 bits per heavy atom. The van der Waals surface area contributed by atoms with Crippen LogP contribution in [0.1, 0.15) is 22.3 Å². The highest BCUT2D eigenvalue weighted by Crippen LogP contribution is 2.60. The number of hydrogen-bond acceptors (Lipinski definition) is 1. The van der Waals surface area contributed by atoms with E-state index in [0.29, 0.717) is 0 Å². The van der Waals surface area contributed by atoms with Gasteiger partial charge in [-0.1, -0.05) is 206 Å². The van der Waals surface area contributed by atoms with E-state index in [4.69, 9.17) is 0 Å². The maximum Gasteiger partial charge on any atom is 0.0714 e. The zero-order chi connectivity index (χ0) is 39.6. The van der Waals surface area contributed by atoms with Gasteiger partial charge in [-0.05, 0) is 113 Å². The fourth-order valence-corrected chi connectivity index (χ4v) is 10.4. The van der Waals surface area contributed by atoms with E-state index in [1.807, 2.05) is 0 Å². The lowest BCUT2D eigenvalue weighted by Gasteiger charge is -2.34.